The van der Waals surface area contributed by atoms with Gasteiger partial charge in [-0.25, -0.2) is 4.39 Å². The van der Waals surface area contributed by atoms with Crippen LogP contribution in [0.15, 0.2) is 52.9 Å². The molecule has 0 spiro atoms. The first-order chi connectivity index (χ1) is 13.1. The standard InChI is InChI=1S/C18H17FN4O2S2/c1-25-15-7-5-12(6-8-15)10-20-16(24)11-26-18-23-22-17(27-18)21-14-4-2-3-13(19)9-14/h2-9H,10-11H2,1H3,(H,20,24)(H,21,22). The van der Waals surface area contributed by atoms with Gasteiger partial charge in [0.1, 0.15) is 11.6 Å². The maximum atomic E-state index is 13.2. The molecule has 140 valence electrons. The molecule has 1 aromatic heterocycles. The summed E-state index contributed by atoms with van der Waals surface area (Å²) < 4.78 is 19.0. The van der Waals surface area contributed by atoms with Crippen LogP contribution in [-0.4, -0.2) is 29.0 Å². The van der Waals surface area contributed by atoms with Crippen LogP contribution in [0, 0.1) is 5.82 Å². The fraction of sp³-hybridized carbons (Fsp3) is 0.167. The average Bonchev–Trinajstić information content (AvgIpc) is 3.12. The van der Waals surface area contributed by atoms with Crippen LogP contribution >= 0.6 is 23.1 Å². The molecule has 1 amide bonds. The molecule has 0 saturated carbocycles. The van der Waals surface area contributed by atoms with Crippen molar-refractivity contribution in [1.29, 1.82) is 0 Å². The van der Waals surface area contributed by atoms with Crippen molar-refractivity contribution in [2.75, 3.05) is 18.2 Å². The molecule has 9 heteroatoms. The first kappa shape index (κ1) is 19.1. The molecule has 0 saturated heterocycles. The number of nitrogens with zero attached hydrogens (tertiary/aromatic N) is 2. The zero-order valence-electron chi connectivity index (χ0n) is 14.4. The number of aromatic nitrogens is 2. The number of nitrogens with one attached hydrogen (secondary N) is 2. The molecule has 2 aromatic carbocycles. The second-order valence-corrected chi connectivity index (χ2v) is 7.62. The third-order valence-corrected chi connectivity index (χ3v) is 5.43. The maximum Gasteiger partial charge on any atom is 0.230 e. The third kappa shape index (κ3) is 5.93. The van der Waals surface area contributed by atoms with Crippen molar-refractivity contribution < 1.29 is 13.9 Å². The van der Waals surface area contributed by atoms with Crippen LogP contribution in [0.5, 0.6) is 5.75 Å². The van der Waals surface area contributed by atoms with Crippen molar-refractivity contribution in [3.8, 4) is 5.75 Å². The minimum atomic E-state index is -0.326. The van der Waals surface area contributed by atoms with Gasteiger partial charge in [-0.2, -0.15) is 0 Å². The van der Waals surface area contributed by atoms with Gasteiger partial charge in [0.15, 0.2) is 4.34 Å². The monoisotopic (exact) mass is 404 g/mol. The lowest BCUT2D eigenvalue weighted by Crippen LogP contribution is -2.24. The van der Waals surface area contributed by atoms with Gasteiger partial charge in [-0.05, 0) is 35.9 Å². The zero-order chi connectivity index (χ0) is 19.1. The van der Waals surface area contributed by atoms with E-state index in [1.54, 1.807) is 19.2 Å². The predicted octanol–water partition coefficient (Wildman–Crippen LogP) is 3.84. The Labute approximate surface area is 164 Å². The van der Waals surface area contributed by atoms with E-state index < -0.39 is 0 Å². The Morgan fingerprint density at radius 3 is 2.78 bits per heavy atom. The highest BCUT2D eigenvalue weighted by molar-refractivity contribution is 8.01. The second kappa shape index (κ2) is 9.33. The summed E-state index contributed by atoms with van der Waals surface area (Å²) in [4.78, 5) is 12.0. The van der Waals surface area contributed by atoms with E-state index in [1.807, 2.05) is 24.3 Å². The quantitative estimate of drug-likeness (QED) is 0.556. The van der Waals surface area contributed by atoms with Crippen molar-refractivity contribution in [3.63, 3.8) is 0 Å². The van der Waals surface area contributed by atoms with Crippen molar-refractivity contribution in [3.05, 3.63) is 59.9 Å². The summed E-state index contributed by atoms with van der Waals surface area (Å²) in [5, 5.41) is 14.4. The summed E-state index contributed by atoms with van der Waals surface area (Å²) in [5.41, 5.74) is 1.59. The number of thioether (sulfide) groups is 1. The Kier molecular flexibility index (Phi) is 6.61. The van der Waals surface area contributed by atoms with E-state index in [0.29, 0.717) is 21.7 Å². The van der Waals surface area contributed by atoms with E-state index in [0.717, 1.165) is 11.3 Å². The summed E-state index contributed by atoms with van der Waals surface area (Å²) >= 11 is 2.61. The number of halogens is 1. The van der Waals surface area contributed by atoms with Gasteiger partial charge in [0.25, 0.3) is 0 Å². The molecule has 3 rings (SSSR count). The minimum Gasteiger partial charge on any atom is -0.497 e. The van der Waals surface area contributed by atoms with Crippen molar-refractivity contribution in [2.24, 2.45) is 0 Å². The highest BCUT2D eigenvalue weighted by Crippen LogP contribution is 2.27. The van der Waals surface area contributed by atoms with Crippen molar-refractivity contribution in [2.45, 2.75) is 10.9 Å². The van der Waals surface area contributed by atoms with E-state index in [1.165, 1.54) is 35.2 Å². The van der Waals surface area contributed by atoms with Crippen LogP contribution in [0.4, 0.5) is 15.2 Å². The molecule has 0 fully saturated rings. The minimum absolute atomic E-state index is 0.0920. The molecule has 0 atom stereocenters. The molecule has 0 bridgehead atoms. The number of hydrogen-bond donors (Lipinski definition) is 2. The molecule has 0 radical (unpaired) electrons. The molecule has 0 unspecified atom stereocenters. The first-order valence-corrected chi connectivity index (χ1v) is 9.81. The Hall–Kier alpha value is -2.65. The van der Waals surface area contributed by atoms with E-state index in [9.17, 15) is 9.18 Å². The molecule has 27 heavy (non-hydrogen) atoms. The summed E-state index contributed by atoms with van der Waals surface area (Å²) in [6, 6.07) is 13.6. The smallest absolute Gasteiger partial charge is 0.230 e. The molecule has 2 N–H and O–H groups in total. The Morgan fingerprint density at radius 2 is 2.04 bits per heavy atom. The van der Waals surface area contributed by atoms with Gasteiger partial charge < -0.3 is 15.4 Å². The molecule has 6 nitrogen and oxygen atoms in total. The van der Waals surface area contributed by atoms with Gasteiger partial charge in [0.2, 0.25) is 11.0 Å². The second-order valence-electron chi connectivity index (χ2n) is 5.42. The fourth-order valence-corrected chi connectivity index (χ4v) is 3.73. The van der Waals surface area contributed by atoms with Crippen molar-refractivity contribution in [1.82, 2.24) is 15.5 Å². The number of methoxy groups -OCH3 is 1. The van der Waals surface area contributed by atoms with Gasteiger partial charge >= 0.3 is 0 Å². The molecular formula is C18H17FN4O2S2. The van der Waals surface area contributed by atoms with Gasteiger partial charge in [0, 0.05) is 12.2 Å². The summed E-state index contributed by atoms with van der Waals surface area (Å²) in [6.45, 7) is 0.450. The summed E-state index contributed by atoms with van der Waals surface area (Å²) in [6.07, 6.45) is 0. The number of amides is 1. The molecule has 0 aliphatic carbocycles. The van der Waals surface area contributed by atoms with Gasteiger partial charge in [0.05, 0.1) is 12.9 Å². The lowest BCUT2D eigenvalue weighted by Gasteiger charge is -2.05. The van der Waals surface area contributed by atoms with Crippen LogP contribution in [0.1, 0.15) is 5.56 Å². The Bertz CT molecular complexity index is 902. The summed E-state index contributed by atoms with van der Waals surface area (Å²) in [7, 11) is 1.61. The Morgan fingerprint density at radius 1 is 1.22 bits per heavy atom. The number of rotatable bonds is 8. The average molecular weight is 404 g/mol. The SMILES string of the molecule is COc1ccc(CNC(=O)CSc2nnc(Nc3cccc(F)c3)s2)cc1. The number of carbonyl (C=O) groups excluding carboxylic acids is 1. The fourth-order valence-electron chi connectivity index (χ4n) is 2.13. The molecule has 1 heterocycles. The lowest BCUT2D eigenvalue weighted by atomic mass is 10.2. The molecule has 3 aromatic rings. The number of anilines is 2. The van der Waals surface area contributed by atoms with Crippen LogP contribution in [0.25, 0.3) is 0 Å². The highest BCUT2D eigenvalue weighted by atomic mass is 32.2. The number of benzene rings is 2. The van der Waals surface area contributed by atoms with E-state index >= 15 is 0 Å². The van der Waals surface area contributed by atoms with E-state index in [-0.39, 0.29) is 17.5 Å². The van der Waals surface area contributed by atoms with E-state index in [4.69, 9.17) is 4.74 Å². The highest BCUT2D eigenvalue weighted by Gasteiger charge is 2.09. The molecular weight excluding hydrogens is 387 g/mol. The number of hydrogen-bond acceptors (Lipinski definition) is 7. The van der Waals surface area contributed by atoms with Gasteiger partial charge in [-0.1, -0.05) is 41.3 Å². The maximum absolute atomic E-state index is 13.2. The molecule has 0 aliphatic rings. The van der Waals surface area contributed by atoms with Crippen LogP contribution in [-0.2, 0) is 11.3 Å². The van der Waals surface area contributed by atoms with Crippen molar-refractivity contribution >= 4 is 39.8 Å². The molecule has 0 aliphatic heterocycles. The largest absolute Gasteiger partial charge is 0.497 e. The first-order valence-electron chi connectivity index (χ1n) is 8.01. The lowest BCUT2D eigenvalue weighted by molar-refractivity contribution is -0.118. The normalized spacial score (nSPS) is 10.4. The zero-order valence-corrected chi connectivity index (χ0v) is 16.1. The predicted molar refractivity (Wildman–Crippen MR) is 105 cm³/mol. The van der Waals surface area contributed by atoms with Crippen LogP contribution in [0.2, 0.25) is 0 Å². The van der Waals surface area contributed by atoms with Crippen LogP contribution in [0.3, 0.4) is 0 Å². The number of ether oxygens (including phenoxy) is 1. The Balaban J connectivity index is 1.44. The third-order valence-electron chi connectivity index (χ3n) is 3.46. The topological polar surface area (TPSA) is 76.1 Å². The number of carbonyl (C=O) groups is 1. The summed E-state index contributed by atoms with van der Waals surface area (Å²) in [5.74, 6) is 0.600. The van der Waals surface area contributed by atoms with Gasteiger partial charge in [-0.3, -0.25) is 4.79 Å². The van der Waals surface area contributed by atoms with Crippen LogP contribution < -0.4 is 15.4 Å². The van der Waals surface area contributed by atoms with Gasteiger partial charge in [-0.15, -0.1) is 10.2 Å². The van der Waals surface area contributed by atoms with E-state index in [2.05, 4.69) is 20.8 Å².